The highest BCUT2D eigenvalue weighted by atomic mass is 16.5. The molecule has 4 N–H and O–H groups in total. The molecular weight excluding hydrogens is 789 g/mol. The first-order valence-corrected chi connectivity index (χ1v) is 21.8. The van der Waals surface area contributed by atoms with Gasteiger partial charge < -0.3 is 34.5 Å². The molecule has 6 bridgehead atoms. The number of carbonyl (C=O) groups is 4. The van der Waals surface area contributed by atoms with Gasteiger partial charge in [0.25, 0.3) is 11.8 Å². The van der Waals surface area contributed by atoms with Gasteiger partial charge in [0, 0.05) is 61.7 Å². The molecule has 332 valence electrons. The Morgan fingerprint density at radius 3 is 2.48 bits per heavy atom. The summed E-state index contributed by atoms with van der Waals surface area (Å²) in [7, 11) is 3.17. The fourth-order valence-corrected chi connectivity index (χ4v) is 9.29. The van der Waals surface area contributed by atoms with Gasteiger partial charge in [0.05, 0.1) is 24.1 Å². The van der Waals surface area contributed by atoms with E-state index in [0.717, 1.165) is 39.0 Å². The Balaban J connectivity index is 1.37. The molecule has 3 aliphatic rings. The summed E-state index contributed by atoms with van der Waals surface area (Å²) in [5.74, 6) is -2.46. The van der Waals surface area contributed by atoms with Crippen molar-refractivity contribution in [3.05, 3.63) is 71.5 Å². The van der Waals surface area contributed by atoms with Crippen LogP contribution in [0.25, 0.3) is 33.3 Å². The molecule has 1 aliphatic carbocycles. The van der Waals surface area contributed by atoms with Gasteiger partial charge in [-0.3, -0.25) is 24.4 Å². The molecule has 2 aliphatic heterocycles. The number of hydrogen-bond donors (Lipinski definition) is 4. The molecule has 0 unspecified atom stereocenters. The molecule has 1 saturated heterocycles. The van der Waals surface area contributed by atoms with Gasteiger partial charge in [-0.2, -0.15) is 0 Å². The predicted molar refractivity (Wildman–Crippen MR) is 236 cm³/mol. The summed E-state index contributed by atoms with van der Waals surface area (Å²) in [6.45, 7) is 14.6. The first kappa shape index (κ1) is 44.7. The van der Waals surface area contributed by atoms with Crippen molar-refractivity contribution in [2.24, 2.45) is 11.3 Å². The average molecular weight is 851 g/mol. The van der Waals surface area contributed by atoms with E-state index < -0.39 is 52.3 Å². The number of rotatable bonds is 9. The number of methoxy groups -OCH3 is 1. The highest BCUT2D eigenvalue weighted by molar-refractivity contribution is 5.97. The quantitative estimate of drug-likeness (QED) is 0.150. The number of aromatic hydroxyl groups is 1. The average Bonchev–Trinajstić information content (AvgIpc) is 3.92. The van der Waals surface area contributed by atoms with Crippen molar-refractivity contribution in [2.75, 3.05) is 27.3 Å². The van der Waals surface area contributed by atoms with Gasteiger partial charge in [0.1, 0.15) is 29.0 Å². The number of esters is 1. The van der Waals surface area contributed by atoms with Crippen molar-refractivity contribution >= 4 is 34.6 Å². The van der Waals surface area contributed by atoms with Gasteiger partial charge in [0.15, 0.2) is 0 Å². The topological polar surface area (TPSA) is 176 Å². The van der Waals surface area contributed by atoms with Crippen LogP contribution in [0.2, 0.25) is 0 Å². The van der Waals surface area contributed by atoms with Gasteiger partial charge in [-0.1, -0.05) is 39.8 Å². The lowest BCUT2D eigenvalue weighted by atomic mass is 9.84. The second kappa shape index (κ2) is 17.1. The SMILES string of the molecule is CCn1c(-c2cccnc2[C@H](C)OC)c2c3cc(ccc31)-c1cc(O)cc(c1)C[C@H](NC(=O)[C@H](C(C)C)N(C)C(=O)C1(O)CC1)C(=O)N1CCC[C@@](C)(N1)C(=O)OCC(C)(C)C2. The van der Waals surface area contributed by atoms with Crippen molar-refractivity contribution in [3.63, 3.8) is 0 Å². The van der Waals surface area contributed by atoms with Crippen LogP contribution in [0.1, 0.15) is 97.1 Å². The predicted octanol–water partition coefficient (Wildman–Crippen LogP) is 5.85. The number of nitrogens with one attached hydrogen (secondary N) is 2. The number of likely N-dealkylation sites (N-methyl/N-ethyl adjacent to an activating group) is 1. The van der Waals surface area contributed by atoms with Crippen molar-refractivity contribution in [3.8, 4) is 28.1 Å². The van der Waals surface area contributed by atoms with Crippen molar-refractivity contribution < 1.29 is 38.9 Å². The zero-order chi connectivity index (χ0) is 44.9. The Morgan fingerprint density at radius 1 is 1.06 bits per heavy atom. The maximum absolute atomic E-state index is 14.7. The maximum atomic E-state index is 14.7. The van der Waals surface area contributed by atoms with Crippen LogP contribution in [0.3, 0.4) is 0 Å². The Labute approximate surface area is 363 Å². The van der Waals surface area contributed by atoms with Crippen LogP contribution in [0.4, 0.5) is 0 Å². The fraction of sp³-hybridized carbons (Fsp3) is 0.521. The fourth-order valence-electron chi connectivity index (χ4n) is 9.29. The minimum absolute atomic E-state index is 0.0132. The minimum Gasteiger partial charge on any atom is -0.508 e. The number of hydrazine groups is 1. The second-order valence-electron chi connectivity index (χ2n) is 18.9. The summed E-state index contributed by atoms with van der Waals surface area (Å²) < 4.78 is 14.3. The molecule has 2 aromatic carbocycles. The number of carbonyl (C=O) groups excluding carboxylic acids is 4. The third-order valence-electron chi connectivity index (χ3n) is 12.8. The third-order valence-corrected chi connectivity index (χ3v) is 12.8. The van der Waals surface area contributed by atoms with Crippen molar-refractivity contribution in [2.45, 2.75) is 123 Å². The van der Waals surface area contributed by atoms with Crippen molar-refractivity contribution in [1.29, 1.82) is 0 Å². The molecule has 0 radical (unpaired) electrons. The van der Waals surface area contributed by atoms with Crippen LogP contribution in [0.15, 0.2) is 54.7 Å². The van der Waals surface area contributed by atoms with Gasteiger partial charge in [0.2, 0.25) is 5.91 Å². The Morgan fingerprint density at radius 2 is 1.81 bits per heavy atom. The number of aryl methyl sites for hydroxylation is 1. The van der Waals surface area contributed by atoms with Gasteiger partial charge in [-0.05, 0) is 117 Å². The van der Waals surface area contributed by atoms with E-state index in [0.29, 0.717) is 49.8 Å². The van der Waals surface area contributed by atoms with E-state index in [-0.39, 0.29) is 37.3 Å². The Hall–Kier alpha value is -5.31. The normalized spacial score (nSPS) is 22.1. The molecule has 4 heterocycles. The Bertz CT molecular complexity index is 2390. The first-order valence-electron chi connectivity index (χ1n) is 21.8. The minimum atomic E-state index is -1.49. The number of hydrogen-bond acceptors (Lipinski definition) is 10. The maximum Gasteiger partial charge on any atom is 0.327 e. The van der Waals surface area contributed by atoms with Crippen LogP contribution < -0.4 is 10.7 Å². The molecular formula is C48H62N6O8. The van der Waals surface area contributed by atoms with Gasteiger partial charge in [-0.25, -0.2) is 10.2 Å². The van der Waals surface area contributed by atoms with Crippen LogP contribution in [0.5, 0.6) is 5.75 Å². The van der Waals surface area contributed by atoms with E-state index in [1.807, 2.05) is 25.1 Å². The molecule has 0 spiro atoms. The van der Waals surface area contributed by atoms with Crippen molar-refractivity contribution in [1.82, 2.24) is 30.2 Å². The van der Waals surface area contributed by atoms with E-state index in [1.54, 1.807) is 46.2 Å². The van der Waals surface area contributed by atoms with Crippen LogP contribution in [0, 0.1) is 11.3 Å². The summed E-state index contributed by atoms with van der Waals surface area (Å²) in [5.41, 5.74) is 6.82. The zero-order valence-corrected chi connectivity index (χ0v) is 37.5. The smallest absolute Gasteiger partial charge is 0.327 e. The number of amides is 3. The van der Waals surface area contributed by atoms with Crippen LogP contribution >= 0.6 is 0 Å². The number of ether oxygens (including phenoxy) is 2. The monoisotopic (exact) mass is 850 g/mol. The summed E-state index contributed by atoms with van der Waals surface area (Å²) >= 11 is 0. The summed E-state index contributed by atoms with van der Waals surface area (Å²) in [6, 6.07) is 13.3. The number of pyridine rings is 1. The molecule has 2 fully saturated rings. The van der Waals surface area contributed by atoms with Gasteiger partial charge >= 0.3 is 5.97 Å². The number of phenolic OH excluding ortho intramolecular Hbond substituents is 1. The standard InChI is InChI=1S/C48H62N6O8/c1-10-53-38-15-14-31-25-35(38)36(41(53)34-13-11-19-49-39(34)29(4)61-9)26-46(5,6)27-62-45(59)47(7)16-12-20-54(51-47)43(57)37(23-30-21-32(31)24-33(55)22-30)50-42(56)40(28(2)3)52(8)44(58)48(60)17-18-48/h11,13-15,19,21-22,24-25,28-29,37,40,51,55,60H,10,12,16-18,20,23,26-27H2,1-9H3,(H,50,56)/t29-,37-,40-,47+/m0/s1. The highest BCUT2D eigenvalue weighted by Crippen LogP contribution is 2.43. The summed E-state index contributed by atoms with van der Waals surface area (Å²) in [5, 5.41) is 27.3. The largest absolute Gasteiger partial charge is 0.508 e. The number of benzene rings is 2. The van der Waals surface area contributed by atoms with E-state index in [2.05, 4.69) is 54.3 Å². The summed E-state index contributed by atoms with van der Waals surface area (Å²) in [6.07, 6.45) is 3.55. The molecule has 14 heteroatoms. The lowest BCUT2D eigenvalue weighted by Gasteiger charge is -2.41. The number of phenols is 1. The summed E-state index contributed by atoms with van der Waals surface area (Å²) in [4.78, 5) is 62.5. The number of cyclic esters (lactones) is 1. The number of aromatic nitrogens is 2. The van der Waals surface area contributed by atoms with E-state index in [1.165, 1.54) is 17.0 Å². The number of fused-ring (bicyclic) bond motifs is 6. The van der Waals surface area contributed by atoms with E-state index >= 15 is 0 Å². The molecule has 62 heavy (non-hydrogen) atoms. The van der Waals surface area contributed by atoms with E-state index in [9.17, 15) is 29.4 Å². The molecule has 7 rings (SSSR count). The number of nitrogens with zero attached hydrogens (tertiary/aromatic N) is 4. The van der Waals surface area contributed by atoms with E-state index in [4.69, 9.17) is 14.5 Å². The van der Waals surface area contributed by atoms with Gasteiger partial charge in [-0.15, -0.1) is 0 Å². The molecule has 3 amide bonds. The highest BCUT2D eigenvalue weighted by Gasteiger charge is 2.52. The second-order valence-corrected chi connectivity index (χ2v) is 18.9. The molecule has 14 nitrogen and oxygen atoms in total. The lowest BCUT2D eigenvalue weighted by Crippen LogP contribution is -2.66. The first-order chi connectivity index (χ1) is 29.3. The Kier molecular flexibility index (Phi) is 12.3. The molecule has 1 saturated carbocycles. The van der Waals surface area contributed by atoms with Crippen LogP contribution in [-0.2, 0) is 48.0 Å². The molecule has 4 atom stereocenters. The van der Waals surface area contributed by atoms with Crippen LogP contribution in [-0.4, -0.2) is 104 Å². The molecule has 2 aromatic heterocycles. The third kappa shape index (κ3) is 8.69. The number of aliphatic hydroxyl groups is 1. The molecule has 4 aromatic rings. The zero-order valence-electron chi connectivity index (χ0n) is 37.5. The lowest BCUT2D eigenvalue weighted by molar-refractivity contribution is -0.162.